The molecular formula is C23H28ClN3O3S. The van der Waals surface area contributed by atoms with Crippen molar-refractivity contribution in [3.05, 3.63) is 41.7 Å². The first-order chi connectivity index (χ1) is 15.0. The van der Waals surface area contributed by atoms with Crippen LogP contribution in [0.4, 0.5) is 5.95 Å². The van der Waals surface area contributed by atoms with E-state index >= 15 is 0 Å². The van der Waals surface area contributed by atoms with Crippen LogP contribution in [-0.2, 0) is 9.84 Å². The Morgan fingerprint density at radius 2 is 1.71 bits per heavy atom. The fraction of sp³-hybridized carbons (Fsp3) is 0.565. The van der Waals surface area contributed by atoms with Crippen molar-refractivity contribution in [2.75, 3.05) is 24.6 Å². The molecular weight excluding hydrogens is 434 g/mol. The maximum Gasteiger partial charge on any atom is 0.225 e. The van der Waals surface area contributed by atoms with Crippen LogP contribution in [0.1, 0.15) is 38.5 Å². The number of nitrogens with zero attached hydrogens (tertiary/aromatic N) is 3. The van der Waals surface area contributed by atoms with Crippen LogP contribution in [0.15, 0.2) is 41.6 Å². The summed E-state index contributed by atoms with van der Waals surface area (Å²) < 4.78 is 30.4. The van der Waals surface area contributed by atoms with Crippen LogP contribution in [0.5, 0.6) is 5.75 Å². The molecule has 2 unspecified atom stereocenters. The van der Waals surface area contributed by atoms with Crippen molar-refractivity contribution >= 4 is 27.4 Å². The molecule has 1 aromatic carbocycles. The summed E-state index contributed by atoms with van der Waals surface area (Å²) in [7, 11) is -3.12. The number of benzene rings is 1. The zero-order chi connectivity index (χ0) is 21.4. The Morgan fingerprint density at radius 1 is 1.03 bits per heavy atom. The summed E-state index contributed by atoms with van der Waals surface area (Å²) in [6.07, 6.45) is 9.63. The predicted molar refractivity (Wildman–Crippen MR) is 120 cm³/mol. The topological polar surface area (TPSA) is 72.4 Å². The van der Waals surface area contributed by atoms with Gasteiger partial charge in [-0.1, -0.05) is 11.6 Å². The van der Waals surface area contributed by atoms with Gasteiger partial charge < -0.3 is 9.64 Å². The first-order valence-electron chi connectivity index (χ1n) is 11.2. The predicted octanol–water partition coefficient (Wildman–Crippen LogP) is 4.39. The molecule has 5 rings (SSSR count). The first-order valence-corrected chi connectivity index (χ1v) is 13.1. The Labute approximate surface area is 188 Å². The van der Waals surface area contributed by atoms with Gasteiger partial charge in [0.1, 0.15) is 5.75 Å². The average molecular weight is 462 g/mol. The van der Waals surface area contributed by atoms with Crippen LogP contribution >= 0.6 is 11.6 Å². The molecule has 2 saturated carbocycles. The molecule has 6 nitrogen and oxygen atoms in total. The molecule has 0 amide bonds. The lowest BCUT2D eigenvalue weighted by molar-refractivity contribution is 0.284. The molecule has 2 aliphatic carbocycles. The fourth-order valence-corrected chi connectivity index (χ4v) is 6.56. The van der Waals surface area contributed by atoms with Crippen molar-refractivity contribution in [1.82, 2.24) is 9.97 Å². The molecule has 31 heavy (non-hydrogen) atoms. The number of sulfone groups is 1. The van der Waals surface area contributed by atoms with Crippen molar-refractivity contribution < 1.29 is 13.2 Å². The van der Waals surface area contributed by atoms with Gasteiger partial charge in [0.25, 0.3) is 0 Å². The van der Waals surface area contributed by atoms with E-state index in [4.69, 9.17) is 16.3 Å². The van der Waals surface area contributed by atoms with E-state index in [0.717, 1.165) is 61.8 Å². The molecule has 2 aromatic rings. The van der Waals surface area contributed by atoms with Gasteiger partial charge in [-0.25, -0.2) is 18.4 Å². The van der Waals surface area contributed by atoms with E-state index < -0.39 is 9.84 Å². The standard InChI is InChI=1S/C23H28ClN3O3S/c24-18-14-25-23(26-15-18)27-10-7-16(8-11-27)22-13-17(22)9-12-30-19-1-3-20(4-2-19)31(28,29)21-5-6-21/h1-4,14-17,21-22H,5-13H2. The quantitative estimate of drug-likeness (QED) is 0.580. The Balaban J connectivity index is 1.04. The average Bonchev–Trinajstić information content (AvgIpc) is 3.69. The second kappa shape index (κ2) is 8.58. The fourth-order valence-electron chi connectivity index (χ4n) is 4.80. The number of rotatable bonds is 8. The zero-order valence-electron chi connectivity index (χ0n) is 17.5. The third-order valence-corrected chi connectivity index (χ3v) is 9.36. The van der Waals surface area contributed by atoms with E-state index in [2.05, 4.69) is 14.9 Å². The smallest absolute Gasteiger partial charge is 0.225 e. The van der Waals surface area contributed by atoms with Gasteiger partial charge in [-0.05, 0) is 80.5 Å². The Morgan fingerprint density at radius 3 is 2.35 bits per heavy atom. The number of hydrogen-bond acceptors (Lipinski definition) is 6. The molecule has 8 heteroatoms. The molecule has 2 heterocycles. The molecule has 0 N–H and O–H groups in total. The van der Waals surface area contributed by atoms with E-state index in [0.29, 0.717) is 16.5 Å². The highest BCUT2D eigenvalue weighted by atomic mass is 35.5. The lowest BCUT2D eigenvalue weighted by atomic mass is 9.90. The molecule has 166 valence electrons. The highest BCUT2D eigenvalue weighted by molar-refractivity contribution is 7.92. The van der Waals surface area contributed by atoms with Gasteiger partial charge in [0, 0.05) is 13.1 Å². The highest BCUT2D eigenvalue weighted by Crippen LogP contribution is 2.49. The largest absolute Gasteiger partial charge is 0.494 e. The van der Waals surface area contributed by atoms with Gasteiger partial charge in [0.15, 0.2) is 9.84 Å². The maximum absolute atomic E-state index is 12.3. The molecule has 0 spiro atoms. The summed E-state index contributed by atoms with van der Waals surface area (Å²) in [5.41, 5.74) is 0. The van der Waals surface area contributed by atoms with E-state index in [1.54, 1.807) is 36.7 Å². The second-order valence-corrected chi connectivity index (χ2v) is 11.7. The summed E-state index contributed by atoms with van der Waals surface area (Å²) in [5.74, 6) is 3.86. The number of aromatic nitrogens is 2. The number of anilines is 1. The maximum atomic E-state index is 12.3. The van der Waals surface area contributed by atoms with Crippen molar-refractivity contribution in [3.63, 3.8) is 0 Å². The monoisotopic (exact) mass is 461 g/mol. The van der Waals surface area contributed by atoms with Gasteiger partial charge in [0.2, 0.25) is 5.95 Å². The molecule has 1 saturated heterocycles. The molecule has 3 fully saturated rings. The summed E-state index contributed by atoms with van der Waals surface area (Å²) in [4.78, 5) is 11.3. The van der Waals surface area contributed by atoms with E-state index in [1.165, 1.54) is 19.3 Å². The van der Waals surface area contributed by atoms with Gasteiger partial charge >= 0.3 is 0 Å². The van der Waals surface area contributed by atoms with Crippen molar-refractivity contribution in [3.8, 4) is 5.75 Å². The first kappa shape index (κ1) is 21.0. The summed E-state index contributed by atoms with van der Waals surface area (Å²) in [6, 6.07) is 6.94. The van der Waals surface area contributed by atoms with Gasteiger partial charge in [-0.15, -0.1) is 0 Å². The highest BCUT2D eigenvalue weighted by Gasteiger charge is 2.43. The van der Waals surface area contributed by atoms with Crippen LogP contribution in [-0.4, -0.2) is 43.3 Å². The Hall–Kier alpha value is -1.86. The number of ether oxygens (including phenoxy) is 1. The normalized spacial score (nSPS) is 24.2. The lowest BCUT2D eigenvalue weighted by Gasteiger charge is -2.32. The molecule has 1 aromatic heterocycles. The van der Waals surface area contributed by atoms with Gasteiger partial charge in [0.05, 0.1) is 34.2 Å². The molecule has 2 atom stereocenters. The van der Waals surface area contributed by atoms with Crippen LogP contribution < -0.4 is 9.64 Å². The third kappa shape index (κ3) is 4.82. The minimum atomic E-state index is -3.12. The number of hydrogen-bond donors (Lipinski definition) is 0. The summed E-state index contributed by atoms with van der Waals surface area (Å²) >= 11 is 5.88. The zero-order valence-corrected chi connectivity index (χ0v) is 19.1. The summed E-state index contributed by atoms with van der Waals surface area (Å²) in [6.45, 7) is 2.69. The van der Waals surface area contributed by atoms with Gasteiger partial charge in [-0.3, -0.25) is 0 Å². The van der Waals surface area contributed by atoms with Crippen molar-refractivity contribution in [2.24, 2.45) is 17.8 Å². The summed E-state index contributed by atoms with van der Waals surface area (Å²) in [5, 5.41) is 0.401. The second-order valence-electron chi connectivity index (χ2n) is 9.04. The van der Waals surface area contributed by atoms with Crippen molar-refractivity contribution in [1.29, 1.82) is 0 Å². The third-order valence-electron chi connectivity index (χ3n) is 6.88. The molecule has 1 aliphatic heterocycles. The minimum absolute atomic E-state index is 0.170. The molecule has 0 radical (unpaired) electrons. The van der Waals surface area contributed by atoms with Crippen LogP contribution in [0.3, 0.4) is 0 Å². The minimum Gasteiger partial charge on any atom is -0.494 e. The van der Waals surface area contributed by atoms with E-state index in [9.17, 15) is 8.42 Å². The van der Waals surface area contributed by atoms with Gasteiger partial charge in [-0.2, -0.15) is 0 Å². The Kier molecular flexibility index (Phi) is 5.82. The van der Waals surface area contributed by atoms with E-state index in [1.807, 2.05) is 0 Å². The Bertz CT molecular complexity index is 1000. The molecule has 0 bridgehead atoms. The van der Waals surface area contributed by atoms with Crippen LogP contribution in [0.25, 0.3) is 0 Å². The van der Waals surface area contributed by atoms with Crippen LogP contribution in [0.2, 0.25) is 5.02 Å². The number of piperidine rings is 1. The SMILES string of the molecule is O=S(=O)(c1ccc(OCCC2CC2C2CCN(c3ncc(Cl)cn3)CC2)cc1)C1CC1. The lowest BCUT2D eigenvalue weighted by Crippen LogP contribution is -2.35. The number of halogens is 1. The molecule has 3 aliphatic rings. The van der Waals surface area contributed by atoms with Crippen molar-refractivity contribution in [2.45, 2.75) is 48.7 Å². The van der Waals surface area contributed by atoms with E-state index in [-0.39, 0.29) is 5.25 Å². The van der Waals surface area contributed by atoms with Crippen LogP contribution in [0, 0.1) is 17.8 Å².